The highest BCUT2D eigenvalue weighted by atomic mass is 79.9. The summed E-state index contributed by atoms with van der Waals surface area (Å²) in [5.74, 6) is 1.05. The first-order valence-electron chi connectivity index (χ1n) is 4.75. The Hall–Kier alpha value is -0.510. The molecule has 1 saturated carbocycles. The lowest BCUT2D eigenvalue weighted by atomic mass is 10.1. The summed E-state index contributed by atoms with van der Waals surface area (Å²) in [6, 6.07) is 5.52. The van der Waals surface area contributed by atoms with Gasteiger partial charge in [-0.15, -0.1) is 0 Å². The zero-order valence-electron chi connectivity index (χ0n) is 7.89. The molecule has 2 unspecified atom stereocenters. The second-order valence-corrected chi connectivity index (χ2v) is 4.52. The van der Waals surface area contributed by atoms with Crippen LogP contribution in [0.4, 0.5) is 13.2 Å². The Kier molecular flexibility index (Phi) is 2.79. The first-order chi connectivity index (χ1) is 7.02. The van der Waals surface area contributed by atoms with E-state index >= 15 is 0 Å². The molecule has 82 valence electrons. The van der Waals surface area contributed by atoms with E-state index in [0.29, 0.717) is 11.8 Å². The first kappa shape index (κ1) is 11.0. The van der Waals surface area contributed by atoms with Crippen LogP contribution in [0.25, 0.3) is 0 Å². The van der Waals surface area contributed by atoms with E-state index in [1.54, 1.807) is 12.1 Å². The van der Waals surface area contributed by atoms with E-state index in [9.17, 15) is 13.2 Å². The normalized spacial score (nSPS) is 25.3. The Balaban J connectivity index is 2.12. The Morgan fingerprint density at radius 1 is 1.20 bits per heavy atom. The van der Waals surface area contributed by atoms with E-state index in [0.717, 1.165) is 17.3 Å². The van der Waals surface area contributed by atoms with Gasteiger partial charge in [-0.2, -0.15) is 13.2 Å². The lowest BCUT2D eigenvalue weighted by molar-refractivity contribution is -0.137. The fourth-order valence-electron chi connectivity index (χ4n) is 1.75. The minimum absolute atomic E-state index is 0.451. The van der Waals surface area contributed by atoms with Gasteiger partial charge in [0.05, 0.1) is 5.56 Å². The van der Waals surface area contributed by atoms with Gasteiger partial charge in [0, 0.05) is 5.33 Å². The van der Waals surface area contributed by atoms with Crippen LogP contribution in [-0.4, -0.2) is 5.33 Å². The van der Waals surface area contributed by atoms with E-state index in [2.05, 4.69) is 15.9 Å². The van der Waals surface area contributed by atoms with Gasteiger partial charge in [-0.3, -0.25) is 0 Å². The molecule has 0 nitrogen and oxygen atoms in total. The highest BCUT2D eigenvalue weighted by Crippen LogP contribution is 2.48. The molecule has 1 aromatic rings. The number of rotatable bonds is 2. The Bertz CT molecular complexity index is 342. The maximum absolute atomic E-state index is 12.3. The maximum atomic E-state index is 12.3. The van der Waals surface area contributed by atoms with Crippen molar-refractivity contribution in [1.82, 2.24) is 0 Å². The molecule has 0 heterocycles. The molecule has 1 aromatic carbocycles. The van der Waals surface area contributed by atoms with Gasteiger partial charge in [0.2, 0.25) is 0 Å². The number of halogens is 4. The van der Waals surface area contributed by atoms with Crippen LogP contribution < -0.4 is 0 Å². The van der Waals surface area contributed by atoms with Crippen LogP contribution in [0.15, 0.2) is 24.3 Å². The lowest BCUT2D eigenvalue weighted by Crippen LogP contribution is -2.04. The largest absolute Gasteiger partial charge is 0.416 e. The quantitative estimate of drug-likeness (QED) is 0.711. The van der Waals surface area contributed by atoms with Gasteiger partial charge in [0.1, 0.15) is 0 Å². The molecule has 2 rings (SSSR count). The molecular weight excluding hydrogens is 269 g/mol. The Morgan fingerprint density at radius 2 is 1.80 bits per heavy atom. The van der Waals surface area contributed by atoms with E-state index in [4.69, 9.17) is 0 Å². The number of hydrogen-bond donors (Lipinski definition) is 0. The van der Waals surface area contributed by atoms with Gasteiger partial charge >= 0.3 is 6.18 Å². The van der Waals surface area contributed by atoms with Crippen molar-refractivity contribution in [2.45, 2.75) is 18.5 Å². The van der Waals surface area contributed by atoms with E-state index in [1.165, 1.54) is 12.1 Å². The molecule has 0 bridgehead atoms. The second kappa shape index (κ2) is 3.81. The fourth-order valence-corrected chi connectivity index (χ4v) is 2.46. The second-order valence-electron chi connectivity index (χ2n) is 3.88. The van der Waals surface area contributed by atoms with Crippen molar-refractivity contribution in [3.63, 3.8) is 0 Å². The van der Waals surface area contributed by atoms with Gasteiger partial charge in [0.15, 0.2) is 0 Å². The first-order valence-corrected chi connectivity index (χ1v) is 5.87. The molecule has 2 atom stereocenters. The molecule has 15 heavy (non-hydrogen) atoms. The van der Waals surface area contributed by atoms with E-state index in [-0.39, 0.29) is 0 Å². The fraction of sp³-hybridized carbons (Fsp3) is 0.455. The van der Waals surface area contributed by atoms with Gasteiger partial charge in [-0.25, -0.2) is 0 Å². The summed E-state index contributed by atoms with van der Waals surface area (Å²) in [6.45, 7) is 0. The molecule has 0 N–H and O–H groups in total. The van der Waals surface area contributed by atoms with Gasteiger partial charge in [0.25, 0.3) is 0 Å². The summed E-state index contributed by atoms with van der Waals surface area (Å²) in [5.41, 5.74) is 0.453. The summed E-state index contributed by atoms with van der Waals surface area (Å²) in [6.07, 6.45) is -3.15. The zero-order chi connectivity index (χ0) is 11.1. The van der Waals surface area contributed by atoms with Crippen LogP contribution in [0.5, 0.6) is 0 Å². The van der Waals surface area contributed by atoms with Crippen molar-refractivity contribution in [2.24, 2.45) is 5.92 Å². The molecule has 1 fully saturated rings. The molecule has 0 amide bonds. The minimum Gasteiger partial charge on any atom is -0.166 e. The molecule has 4 heteroatoms. The molecule has 1 aliphatic rings. The van der Waals surface area contributed by atoms with Gasteiger partial charge < -0.3 is 0 Å². The van der Waals surface area contributed by atoms with Crippen molar-refractivity contribution in [3.05, 3.63) is 35.4 Å². The van der Waals surface area contributed by atoms with Crippen molar-refractivity contribution in [2.75, 3.05) is 5.33 Å². The topological polar surface area (TPSA) is 0 Å². The molecule has 0 spiro atoms. The molecular formula is C11H10BrF3. The van der Waals surface area contributed by atoms with E-state index < -0.39 is 11.7 Å². The summed E-state index contributed by atoms with van der Waals surface area (Å²) < 4.78 is 36.8. The van der Waals surface area contributed by atoms with Crippen LogP contribution in [0.3, 0.4) is 0 Å². The SMILES string of the molecule is FC(F)(F)c1ccc(C2CC2CBr)cc1. The third kappa shape index (κ3) is 2.36. The van der Waals surface area contributed by atoms with Crippen molar-refractivity contribution < 1.29 is 13.2 Å². The molecule has 0 saturated heterocycles. The van der Waals surface area contributed by atoms with Crippen molar-refractivity contribution >= 4 is 15.9 Å². The van der Waals surface area contributed by atoms with Crippen LogP contribution in [0.2, 0.25) is 0 Å². The molecule has 0 aromatic heterocycles. The monoisotopic (exact) mass is 278 g/mol. The van der Waals surface area contributed by atoms with Crippen LogP contribution in [0.1, 0.15) is 23.5 Å². The number of alkyl halides is 4. The summed E-state index contributed by atoms with van der Waals surface area (Å²) in [5, 5.41) is 0.929. The van der Waals surface area contributed by atoms with Crippen LogP contribution in [-0.2, 0) is 6.18 Å². The average molecular weight is 279 g/mol. The average Bonchev–Trinajstić information content (AvgIpc) is 2.95. The zero-order valence-corrected chi connectivity index (χ0v) is 9.48. The van der Waals surface area contributed by atoms with Gasteiger partial charge in [-0.1, -0.05) is 28.1 Å². The van der Waals surface area contributed by atoms with Crippen LogP contribution in [0, 0.1) is 5.92 Å². The third-order valence-electron chi connectivity index (χ3n) is 2.79. The standard InChI is InChI=1S/C11H10BrF3/c12-6-8-5-10(8)7-1-3-9(4-2-7)11(13,14)15/h1-4,8,10H,5-6H2. The van der Waals surface area contributed by atoms with Crippen LogP contribution >= 0.6 is 15.9 Å². The van der Waals surface area contributed by atoms with E-state index in [1.807, 2.05) is 0 Å². The highest BCUT2D eigenvalue weighted by Gasteiger charge is 2.37. The lowest BCUT2D eigenvalue weighted by Gasteiger charge is -2.07. The molecule has 0 aliphatic heterocycles. The summed E-state index contributed by atoms with van der Waals surface area (Å²) in [7, 11) is 0. The maximum Gasteiger partial charge on any atom is 0.416 e. The summed E-state index contributed by atoms with van der Waals surface area (Å²) >= 11 is 3.38. The molecule has 0 radical (unpaired) electrons. The predicted octanol–water partition coefficient (Wildman–Crippen LogP) is 4.20. The smallest absolute Gasteiger partial charge is 0.166 e. The minimum atomic E-state index is -4.23. The number of hydrogen-bond acceptors (Lipinski definition) is 0. The van der Waals surface area contributed by atoms with Crippen molar-refractivity contribution in [1.29, 1.82) is 0 Å². The molecule has 1 aliphatic carbocycles. The predicted molar refractivity (Wildman–Crippen MR) is 56.1 cm³/mol. The highest BCUT2D eigenvalue weighted by molar-refractivity contribution is 9.09. The van der Waals surface area contributed by atoms with Crippen molar-refractivity contribution in [3.8, 4) is 0 Å². The third-order valence-corrected chi connectivity index (χ3v) is 3.62. The summed E-state index contributed by atoms with van der Waals surface area (Å²) in [4.78, 5) is 0. The number of benzene rings is 1. The Morgan fingerprint density at radius 3 is 2.20 bits per heavy atom. The van der Waals surface area contributed by atoms with Gasteiger partial charge in [-0.05, 0) is 36.0 Å². The Labute approximate surface area is 94.6 Å².